The average molecular weight is 291 g/mol. The molecule has 0 N–H and O–H groups in total. The first-order valence-corrected chi connectivity index (χ1v) is 5.96. The number of benzene rings is 1. The van der Waals surface area contributed by atoms with Crippen LogP contribution in [0.2, 0.25) is 0 Å². The van der Waals surface area contributed by atoms with E-state index in [-0.39, 0.29) is 0 Å². The van der Waals surface area contributed by atoms with E-state index in [9.17, 15) is 34.6 Å². The third-order valence-electron chi connectivity index (χ3n) is 1.93. The summed E-state index contributed by atoms with van der Waals surface area (Å²) in [6, 6.07) is 2.42. The van der Waals surface area contributed by atoms with E-state index in [1.54, 1.807) is 0 Å². The summed E-state index contributed by atoms with van der Waals surface area (Å²) in [6.45, 7) is 0. The van der Waals surface area contributed by atoms with E-state index in [1.807, 2.05) is 0 Å². The van der Waals surface area contributed by atoms with Crippen molar-refractivity contribution in [2.24, 2.45) is 0 Å². The maximum Gasteiger partial charge on any atom is 0.301 e. The van der Waals surface area contributed by atoms with Crippen LogP contribution in [0.4, 0.5) is 17.1 Å². The fourth-order valence-corrected chi connectivity index (χ4v) is 1.62. The number of nitro groups is 2. The molecule has 0 aliphatic carbocycles. The molecule has 12 heteroatoms. The fraction of sp³-hybridized carbons (Fsp3) is 0.143. The van der Waals surface area contributed by atoms with Gasteiger partial charge in [-0.2, -0.15) is 0 Å². The van der Waals surface area contributed by atoms with Gasteiger partial charge in [0, 0.05) is 13.1 Å². The van der Waals surface area contributed by atoms with Gasteiger partial charge < -0.3 is 14.4 Å². The fourth-order valence-electron chi connectivity index (χ4n) is 1.23. The summed E-state index contributed by atoms with van der Waals surface area (Å²) in [5, 5.41) is 21.6. The van der Waals surface area contributed by atoms with Crippen LogP contribution in [0.5, 0.6) is 0 Å². The molecule has 0 fully saturated rings. The molecule has 1 aromatic rings. The first-order chi connectivity index (χ1) is 8.61. The van der Waals surface area contributed by atoms with Crippen LogP contribution < -0.4 is 14.9 Å². The van der Waals surface area contributed by atoms with Crippen LogP contribution in [-0.4, -0.2) is 16.9 Å². The van der Waals surface area contributed by atoms with Crippen LogP contribution in [0.3, 0.4) is 0 Å². The van der Waals surface area contributed by atoms with Crippen LogP contribution in [-0.2, 0) is 9.19 Å². The Bertz CT molecular complexity index is 569. The van der Waals surface area contributed by atoms with Crippen molar-refractivity contribution in [3.05, 3.63) is 38.4 Å². The molecule has 104 valence electrons. The van der Waals surface area contributed by atoms with Crippen molar-refractivity contribution in [2.75, 3.05) is 12.1 Å². The van der Waals surface area contributed by atoms with Crippen LogP contribution in [0.1, 0.15) is 0 Å². The van der Waals surface area contributed by atoms with Crippen LogP contribution in [0.15, 0.2) is 18.2 Å². The van der Waals surface area contributed by atoms with Gasteiger partial charge in [-0.3, -0.25) is 20.2 Å². The summed E-state index contributed by atoms with van der Waals surface area (Å²) in [5.41, 5.74) is -1.75. The second-order valence-corrected chi connectivity index (χ2v) is 4.27. The minimum absolute atomic E-state index is 0.350. The number of nitro benzene ring substituents is 2. The Hall–Kier alpha value is -2.07. The predicted octanol–water partition coefficient (Wildman–Crippen LogP) is -0.300. The van der Waals surface area contributed by atoms with Crippen molar-refractivity contribution in [3.8, 4) is 0 Å². The lowest BCUT2D eigenvalue weighted by molar-refractivity contribution is -0.393. The van der Waals surface area contributed by atoms with Gasteiger partial charge in [0.15, 0.2) is 0 Å². The van der Waals surface area contributed by atoms with Gasteiger partial charge in [0.05, 0.1) is 23.7 Å². The monoisotopic (exact) mass is 291 g/mol. The summed E-state index contributed by atoms with van der Waals surface area (Å²) in [4.78, 5) is 40.2. The quantitative estimate of drug-likeness (QED) is 0.402. The second kappa shape index (κ2) is 5.28. The zero-order chi connectivity index (χ0) is 14.8. The molecule has 11 nitrogen and oxygen atoms in total. The van der Waals surface area contributed by atoms with Crippen LogP contribution >= 0.6 is 7.82 Å². The van der Waals surface area contributed by atoms with E-state index in [4.69, 9.17) is 0 Å². The summed E-state index contributed by atoms with van der Waals surface area (Å²) >= 11 is 0. The second-order valence-electron chi connectivity index (χ2n) is 3.21. The zero-order valence-electron chi connectivity index (χ0n) is 9.29. The first kappa shape index (κ1) is 15.0. The van der Waals surface area contributed by atoms with E-state index in [0.29, 0.717) is 11.1 Å². The minimum atomic E-state index is -5.40. The topological polar surface area (TPSA) is 162 Å². The molecular weight excluding hydrogens is 285 g/mol. The number of rotatable bonds is 5. The van der Waals surface area contributed by atoms with Gasteiger partial charge in [-0.05, 0) is 6.07 Å². The highest BCUT2D eigenvalue weighted by atomic mass is 31.2. The van der Waals surface area contributed by atoms with Gasteiger partial charge in [0.1, 0.15) is 5.69 Å². The Morgan fingerprint density at radius 3 is 2.21 bits per heavy atom. The van der Waals surface area contributed by atoms with E-state index in [1.165, 1.54) is 0 Å². The Morgan fingerprint density at radius 1 is 1.21 bits per heavy atom. The molecule has 1 rings (SSSR count). The number of non-ortho nitro benzene ring substituents is 1. The van der Waals surface area contributed by atoms with Crippen molar-refractivity contribution in [3.63, 3.8) is 0 Å². The lowest BCUT2D eigenvalue weighted by atomic mass is 10.2. The van der Waals surface area contributed by atoms with Crippen molar-refractivity contribution in [1.29, 1.82) is 0 Å². The lowest BCUT2D eigenvalue weighted by Gasteiger charge is -2.32. The first-order valence-electron chi connectivity index (χ1n) is 4.50. The minimum Gasteiger partial charge on any atom is -0.788 e. The summed E-state index contributed by atoms with van der Waals surface area (Å²) in [7, 11) is -4.46. The largest absolute Gasteiger partial charge is 0.788 e. The SMILES string of the molecule is CN(OP(=O)([O-])[O-])c1ccc([N+](=O)[O-])cc1[N+](=O)[O-]. The standard InChI is InChI=1S/C7H8N3O8P/c1-8(18-19(15,16)17)6-3-2-5(9(11)12)4-7(6)10(13)14/h2-4H,1H3,(H2,15,16,17)/p-2. The average Bonchev–Trinajstić information content (AvgIpc) is 2.25. The summed E-state index contributed by atoms with van der Waals surface area (Å²) < 4.78 is 14.3. The van der Waals surface area contributed by atoms with E-state index in [0.717, 1.165) is 19.2 Å². The van der Waals surface area contributed by atoms with Crippen molar-refractivity contribution >= 4 is 24.9 Å². The smallest absolute Gasteiger partial charge is 0.301 e. The normalized spacial score (nSPS) is 11.1. The van der Waals surface area contributed by atoms with Gasteiger partial charge in [-0.15, -0.1) is 0 Å². The molecule has 0 unspecified atom stereocenters. The van der Waals surface area contributed by atoms with Gasteiger partial charge >= 0.3 is 5.69 Å². The summed E-state index contributed by atoms with van der Waals surface area (Å²) in [6.07, 6.45) is 0. The maximum atomic E-state index is 10.7. The van der Waals surface area contributed by atoms with Gasteiger partial charge in [0.25, 0.3) is 5.69 Å². The Morgan fingerprint density at radius 2 is 1.79 bits per heavy atom. The molecule has 1 aromatic carbocycles. The number of anilines is 1. The summed E-state index contributed by atoms with van der Waals surface area (Å²) in [5.74, 6) is 0. The van der Waals surface area contributed by atoms with Crippen molar-refractivity contribution in [1.82, 2.24) is 0 Å². The van der Waals surface area contributed by atoms with Crippen molar-refractivity contribution < 1.29 is 28.8 Å². The molecule has 0 bridgehead atoms. The van der Waals surface area contributed by atoms with E-state index < -0.39 is 34.7 Å². The third-order valence-corrected chi connectivity index (χ3v) is 2.37. The molecule has 0 aliphatic heterocycles. The molecular formula is C7H6N3O8P-2. The number of phosphoric acid groups is 1. The highest BCUT2D eigenvalue weighted by Crippen LogP contribution is 2.35. The molecule has 0 aromatic heterocycles. The van der Waals surface area contributed by atoms with Crippen LogP contribution in [0.25, 0.3) is 0 Å². The highest BCUT2D eigenvalue weighted by Gasteiger charge is 2.22. The molecule has 0 spiro atoms. The lowest BCUT2D eigenvalue weighted by Crippen LogP contribution is -2.26. The zero-order valence-corrected chi connectivity index (χ0v) is 10.2. The van der Waals surface area contributed by atoms with E-state index >= 15 is 0 Å². The number of hydroxylamine groups is 1. The molecule has 19 heavy (non-hydrogen) atoms. The third kappa shape index (κ3) is 3.96. The van der Waals surface area contributed by atoms with E-state index in [2.05, 4.69) is 4.62 Å². The molecule has 0 radical (unpaired) electrons. The van der Waals surface area contributed by atoms with Gasteiger partial charge in [0.2, 0.25) is 0 Å². The number of hydrogen-bond donors (Lipinski definition) is 0. The van der Waals surface area contributed by atoms with Crippen molar-refractivity contribution in [2.45, 2.75) is 0 Å². The Labute approximate surface area is 105 Å². The molecule has 0 aliphatic rings. The van der Waals surface area contributed by atoms with Crippen LogP contribution in [0, 0.1) is 20.2 Å². The molecule has 0 amide bonds. The van der Waals surface area contributed by atoms with Gasteiger partial charge in [-0.1, -0.05) is 0 Å². The predicted molar refractivity (Wildman–Crippen MR) is 56.8 cm³/mol. The highest BCUT2D eigenvalue weighted by molar-refractivity contribution is 7.43. The molecule has 0 heterocycles. The number of nitrogens with zero attached hydrogens (tertiary/aromatic N) is 3. The molecule has 0 saturated carbocycles. The Kier molecular flexibility index (Phi) is 4.17. The molecule has 0 saturated heterocycles. The Balaban J connectivity index is 3.24. The van der Waals surface area contributed by atoms with Gasteiger partial charge in [-0.25, -0.2) is 9.69 Å². The maximum absolute atomic E-state index is 10.7. The number of hydrogen-bond acceptors (Lipinski definition) is 9. The molecule has 0 atom stereocenters.